The Labute approximate surface area is 138 Å². The maximum atomic E-state index is 12.3. The quantitative estimate of drug-likeness (QED) is 0.743. The number of carbonyl (C=O) groups is 2. The topological polar surface area (TPSA) is 65.1 Å². The summed E-state index contributed by atoms with van der Waals surface area (Å²) in [5.74, 6) is -0.325. The summed E-state index contributed by atoms with van der Waals surface area (Å²) >= 11 is 0. The summed E-state index contributed by atoms with van der Waals surface area (Å²) in [6, 6.07) is -0.525. The number of esters is 1. The molecule has 2 atom stereocenters. The Bertz CT molecular complexity index is 412. The summed E-state index contributed by atoms with van der Waals surface area (Å²) in [5.41, 5.74) is -0.567. The van der Waals surface area contributed by atoms with E-state index in [-0.39, 0.29) is 12.1 Å². The second kappa shape index (κ2) is 7.99. The summed E-state index contributed by atoms with van der Waals surface area (Å²) in [6.45, 7) is 7.16. The molecule has 0 aliphatic carbocycles. The van der Waals surface area contributed by atoms with Crippen molar-refractivity contribution in [3.63, 3.8) is 0 Å². The van der Waals surface area contributed by atoms with Crippen molar-refractivity contribution >= 4 is 12.1 Å². The summed E-state index contributed by atoms with van der Waals surface area (Å²) in [4.78, 5) is 26.1. The minimum Gasteiger partial charge on any atom is -0.464 e. The zero-order valence-corrected chi connectivity index (χ0v) is 14.5. The molecule has 2 heterocycles. The molecule has 6 nitrogen and oxygen atoms in total. The Balaban J connectivity index is 1.83. The number of amides is 1. The molecule has 2 aliphatic rings. The van der Waals surface area contributed by atoms with Gasteiger partial charge < -0.3 is 14.2 Å². The van der Waals surface area contributed by atoms with Gasteiger partial charge in [0, 0.05) is 19.6 Å². The van der Waals surface area contributed by atoms with Gasteiger partial charge in [0.1, 0.15) is 11.6 Å². The number of rotatable bonds is 4. The monoisotopic (exact) mass is 327 g/mol. The average Bonchev–Trinajstić information content (AvgIpc) is 2.98. The minimum absolute atomic E-state index is 0.205. The molecule has 6 heteroatoms. The molecule has 2 rings (SSSR count). The molecule has 2 aliphatic heterocycles. The van der Waals surface area contributed by atoms with Crippen LogP contribution in [0.4, 0.5) is 4.79 Å². The van der Waals surface area contributed by atoms with Crippen LogP contribution in [-0.2, 0) is 19.0 Å². The molecule has 0 aromatic rings. The van der Waals surface area contributed by atoms with Crippen LogP contribution in [0.15, 0.2) is 0 Å². The Kier molecular flexibility index (Phi) is 6.27. The number of hydrogen-bond acceptors (Lipinski definition) is 5. The highest BCUT2D eigenvalue weighted by Crippen LogP contribution is 2.22. The van der Waals surface area contributed by atoms with Crippen LogP contribution in [-0.4, -0.2) is 54.5 Å². The average molecular weight is 327 g/mol. The van der Waals surface area contributed by atoms with Gasteiger partial charge in [0.25, 0.3) is 0 Å². The van der Waals surface area contributed by atoms with Gasteiger partial charge in [0.05, 0.1) is 12.7 Å². The van der Waals surface area contributed by atoms with Crippen molar-refractivity contribution in [1.82, 2.24) is 4.90 Å². The molecule has 0 spiro atoms. The Hall–Kier alpha value is -1.30. The van der Waals surface area contributed by atoms with Crippen molar-refractivity contribution in [1.29, 1.82) is 0 Å². The molecule has 23 heavy (non-hydrogen) atoms. The normalized spacial score (nSPS) is 25.3. The molecule has 0 saturated carbocycles. The minimum atomic E-state index is -0.567. The lowest BCUT2D eigenvalue weighted by Crippen LogP contribution is -2.50. The van der Waals surface area contributed by atoms with Gasteiger partial charge >= 0.3 is 12.1 Å². The Morgan fingerprint density at radius 1 is 1.17 bits per heavy atom. The molecule has 0 aromatic carbocycles. The first-order valence-electron chi connectivity index (χ1n) is 8.65. The SMILES string of the molecule is CC(C)(C)OC(=O)N1CCCC[C@@H]1C(=O)OCCC1CCCO1. The number of ether oxygens (including phenoxy) is 3. The van der Waals surface area contributed by atoms with E-state index in [1.54, 1.807) is 0 Å². The van der Waals surface area contributed by atoms with Gasteiger partial charge in [-0.2, -0.15) is 0 Å². The van der Waals surface area contributed by atoms with Crippen LogP contribution < -0.4 is 0 Å². The Morgan fingerprint density at radius 2 is 1.96 bits per heavy atom. The second-order valence-electron chi connectivity index (χ2n) is 7.28. The first-order valence-corrected chi connectivity index (χ1v) is 8.65. The predicted octanol–water partition coefficient (Wildman–Crippen LogP) is 2.89. The lowest BCUT2D eigenvalue weighted by atomic mass is 10.0. The van der Waals surface area contributed by atoms with E-state index in [0.717, 1.165) is 38.7 Å². The van der Waals surface area contributed by atoms with Crippen molar-refractivity contribution in [3.05, 3.63) is 0 Å². The second-order valence-corrected chi connectivity index (χ2v) is 7.28. The predicted molar refractivity (Wildman–Crippen MR) is 85.1 cm³/mol. The number of piperidine rings is 1. The third kappa shape index (κ3) is 5.68. The summed E-state index contributed by atoms with van der Waals surface area (Å²) in [6.07, 6.45) is 5.06. The zero-order valence-electron chi connectivity index (χ0n) is 14.5. The van der Waals surface area contributed by atoms with E-state index in [0.29, 0.717) is 19.6 Å². The van der Waals surface area contributed by atoms with E-state index in [4.69, 9.17) is 14.2 Å². The summed E-state index contributed by atoms with van der Waals surface area (Å²) < 4.78 is 16.3. The van der Waals surface area contributed by atoms with Crippen LogP contribution in [0.25, 0.3) is 0 Å². The van der Waals surface area contributed by atoms with Crippen LogP contribution >= 0.6 is 0 Å². The molecule has 2 saturated heterocycles. The van der Waals surface area contributed by atoms with Crippen LogP contribution in [0.2, 0.25) is 0 Å². The molecule has 0 bridgehead atoms. The van der Waals surface area contributed by atoms with Gasteiger partial charge in [-0.05, 0) is 52.9 Å². The Morgan fingerprint density at radius 3 is 2.61 bits per heavy atom. The summed E-state index contributed by atoms with van der Waals surface area (Å²) in [7, 11) is 0. The molecule has 2 fully saturated rings. The van der Waals surface area contributed by atoms with Crippen molar-refractivity contribution in [3.8, 4) is 0 Å². The molecular formula is C17H29NO5. The van der Waals surface area contributed by atoms with Crippen LogP contribution in [0, 0.1) is 0 Å². The van der Waals surface area contributed by atoms with Crippen LogP contribution in [0.5, 0.6) is 0 Å². The van der Waals surface area contributed by atoms with Crippen molar-refractivity contribution in [2.75, 3.05) is 19.8 Å². The maximum Gasteiger partial charge on any atom is 0.411 e. The number of likely N-dealkylation sites (tertiary alicyclic amines) is 1. The highest BCUT2D eigenvalue weighted by Gasteiger charge is 2.35. The van der Waals surface area contributed by atoms with Gasteiger partial charge in [0.2, 0.25) is 0 Å². The third-order valence-corrected chi connectivity index (χ3v) is 4.11. The fourth-order valence-electron chi connectivity index (χ4n) is 2.97. The first kappa shape index (κ1) is 18.0. The lowest BCUT2D eigenvalue weighted by Gasteiger charge is -2.35. The largest absolute Gasteiger partial charge is 0.464 e. The van der Waals surface area contributed by atoms with E-state index in [9.17, 15) is 9.59 Å². The fraction of sp³-hybridized carbons (Fsp3) is 0.882. The molecule has 0 N–H and O–H groups in total. The van der Waals surface area contributed by atoms with Crippen molar-refractivity contribution in [2.24, 2.45) is 0 Å². The van der Waals surface area contributed by atoms with Crippen molar-refractivity contribution in [2.45, 2.75) is 77.0 Å². The van der Waals surface area contributed by atoms with Crippen LogP contribution in [0.3, 0.4) is 0 Å². The first-order chi connectivity index (χ1) is 10.9. The molecule has 1 amide bonds. The van der Waals surface area contributed by atoms with Gasteiger partial charge in [0.15, 0.2) is 0 Å². The smallest absolute Gasteiger partial charge is 0.411 e. The van der Waals surface area contributed by atoms with Gasteiger partial charge in [-0.15, -0.1) is 0 Å². The van der Waals surface area contributed by atoms with Crippen molar-refractivity contribution < 1.29 is 23.8 Å². The summed E-state index contributed by atoms with van der Waals surface area (Å²) in [5, 5.41) is 0. The van der Waals surface area contributed by atoms with E-state index in [1.807, 2.05) is 20.8 Å². The third-order valence-electron chi connectivity index (χ3n) is 4.11. The lowest BCUT2D eigenvalue weighted by molar-refractivity contribution is -0.151. The zero-order chi connectivity index (χ0) is 16.9. The maximum absolute atomic E-state index is 12.3. The van der Waals surface area contributed by atoms with E-state index >= 15 is 0 Å². The molecular weight excluding hydrogens is 298 g/mol. The molecule has 0 radical (unpaired) electrons. The highest BCUT2D eigenvalue weighted by atomic mass is 16.6. The number of nitrogens with zero attached hydrogens (tertiary/aromatic N) is 1. The molecule has 0 aromatic heterocycles. The van der Waals surface area contributed by atoms with E-state index in [1.165, 1.54) is 4.90 Å². The number of carbonyl (C=O) groups excluding carboxylic acids is 2. The highest BCUT2D eigenvalue weighted by molar-refractivity contribution is 5.81. The molecule has 1 unspecified atom stereocenters. The molecule has 132 valence electrons. The van der Waals surface area contributed by atoms with Gasteiger partial charge in [-0.1, -0.05) is 0 Å². The standard InChI is InChI=1S/C17H29NO5/c1-17(2,3)23-16(20)18-10-5-4-8-14(18)15(19)22-12-9-13-7-6-11-21-13/h13-14H,4-12H2,1-3H3/t13?,14-/m1/s1. The van der Waals surface area contributed by atoms with Crippen LogP contribution in [0.1, 0.15) is 59.3 Å². The fourth-order valence-corrected chi connectivity index (χ4v) is 2.97. The van der Waals surface area contributed by atoms with Gasteiger partial charge in [-0.3, -0.25) is 4.90 Å². The number of hydrogen-bond donors (Lipinski definition) is 0. The van der Waals surface area contributed by atoms with Gasteiger partial charge in [-0.25, -0.2) is 9.59 Å². The van der Waals surface area contributed by atoms with E-state index < -0.39 is 17.7 Å². The van der Waals surface area contributed by atoms with E-state index in [2.05, 4.69) is 0 Å².